The van der Waals surface area contributed by atoms with Crippen molar-refractivity contribution in [1.29, 1.82) is 0 Å². The van der Waals surface area contributed by atoms with Crippen molar-refractivity contribution in [3.8, 4) is 10.6 Å². The number of ether oxygens (including phenoxy) is 1. The maximum atomic E-state index is 12.3. The summed E-state index contributed by atoms with van der Waals surface area (Å²) in [6, 6.07) is 9.97. The first-order valence-electron chi connectivity index (χ1n) is 9.13. The van der Waals surface area contributed by atoms with Crippen molar-refractivity contribution in [1.82, 2.24) is 20.2 Å². The molecule has 0 spiro atoms. The molecule has 0 amide bonds. The summed E-state index contributed by atoms with van der Waals surface area (Å²) in [7, 11) is 0. The van der Waals surface area contributed by atoms with Crippen molar-refractivity contribution in [2.24, 2.45) is 0 Å². The van der Waals surface area contributed by atoms with Gasteiger partial charge in [-0.15, -0.1) is 21.5 Å². The van der Waals surface area contributed by atoms with E-state index in [1.54, 1.807) is 6.92 Å². The average Bonchev–Trinajstić information content (AvgIpc) is 3.32. The lowest BCUT2D eigenvalue weighted by Crippen LogP contribution is -2.05. The monoisotopic (exact) mass is 425 g/mol. The molecule has 0 bridgehead atoms. The highest BCUT2D eigenvalue weighted by Gasteiger charge is 2.21. The number of fused-ring (bicyclic) bond motifs is 1. The molecular weight excluding hydrogens is 406 g/mol. The molecule has 3 heterocycles. The van der Waals surface area contributed by atoms with Gasteiger partial charge in [-0.2, -0.15) is 0 Å². The number of nitrogens with zero attached hydrogens (tertiary/aromatic N) is 4. The largest absolute Gasteiger partial charge is 0.462 e. The van der Waals surface area contributed by atoms with Crippen molar-refractivity contribution >= 4 is 44.7 Å². The zero-order chi connectivity index (χ0) is 20.4. The van der Waals surface area contributed by atoms with Gasteiger partial charge in [0.15, 0.2) is 0 Å². The normalized spacial score (nSPS) is 11.0. The van der Waals surface area contributed by atoms with Gasteiger partial charge < -0.3 is 10.1 Å². The van der Waals surface area contributed by atoms with Gasteiger partial charge in [-0.25, -0.2) is 14.8 Å². The van der Waals surface area contributed by atoms with Gasteiger partial charge in [0.25, 0.3) is 0 Å². The van der Waals surface area contributed by atoms with Gasteiger partial charge in [0, 0.05) is 5.56 Å². The number of thiophene rings is 1. The number of hydrogen-bond acceptors (Lipinski definition) is 9. The molecule has 0 saturated heterocycles. The van der Waals surface area contributed by atoms with E-state index < -0.39 is 0 Å². The van der Waals surface area contributed by atoms with Gasteiger partial charge in [0.2, 0.25) is 0 Å². The molecule has 0 aliphatic heterocycles. The number of rotatable bonds is 6. The van der Waals surface area contributed by atoms with E-state index in [1.165, 1.54) is 22.7 Å². The van der Waals surface area contributed by atoms with Gasteiger partial charge in [-0.3, -0.25) is 0 Å². The van der Waals surface area contributed by atoms with E-state index >= 15 is 0 Å². The first-order chi connectivity index (χ1) is 14.1. The van der Waals surface area contributed by atoms with Crippen LogP contribution in [0.1, 0.15) is 33.0 Å². The predicted octanol–water partition coefficient (Wildman–Crippen LogP) is 4.62. The number of carbonyl (C=O) groups is 1. The number of benzene rings is 1. The average molecular weight is 426 g/mol. The Morgan fingerprint density at radius 3 is 2.66 bits per heavy atom. The quantitative estimate of drug-likeness (QED) is 0.451. The van der Waals surface area contributed by atoms with E-state index in [0.29, 0.717) is 29.7 Å². The number of hydrogen-bond donors (Lipinski definition) is 1. The van der Waals surface area contributed by atoms with E-state index in [1.807, 2.05) is 44.2 Å². The van der Waals surface area contributed by atoms with Crippen LogP contribution in [0, 0.1) is 13.8 Å². The van der Waals surface area contributed by atoms with Gasteiger partial charge in [-0.05, 0) is 26.3 Å². The molecule has 1 N–H and O–H groups in total. The highest BCUT2D eigenvalue weighted by atomic mass is 32.1. The molecule has 4 aromatic rings. The number of carbonyl (C=O) groups excluding carboxylic acids is 1. The molecule has 0 fully saturated rings. The standard InChI is InChI=1S/C20H19N5O2S2/c1-4-27-20(26)16-11(2)15-17(22-12(3)23-19(15)29-16)21-10-14-24-25-18(28-14)13-8-6-5-7-9-13/h5-9H,4,10H2,1-3H3,(H,21,22,23). The second-order valence-electron chi connectivity index (χ2n) is 6.30. The molecule has 0 unspecified atom stereocenters. The molecule has 4 rings (SSSR count). The maximum absolute atomic E-state index is 12.3. The number of anilines is 1. The summed E-state index contributed by atoms with van der Waals surface area (Å²) in [5, 5.41) is 14.5. The van der Waals surface area contributed by atoms with Gasteiger partial charge in [0.1, 0.15) is 31.4 Å². The third-order valence-corrected chi connectivity index (χ3v) is 6.40. The summed E-state index contributed by atoms with van der Waals surface area (Å²) in [5.41, 5.74) is 1.87. The van der Waals surface area contributed by atoms with E-state index in [2.05, 4.69) is 25.5 Å². The summed E-state index contributed by atoms with van der Waals surface area (Å²) in [6.07, 6.45) is 0. The lowest BCUT2D eigenvalue weighted by atomic mass is 10.2. The number of aromatic nitrogens is 4. The van der Waals surface area contributed by atoms with Crippen LogP contribution in [0.5, 0.6) is 0 Å². The van der Waals surface area contributed by atoms with Gasteiger partial charge >= 0.3 is 5.97 Å². The molecule has 1 aromatic carbocycles. The van der Waals surface area contributed by atoms with Crippen LogP contribution in [-0.4, -0.2) is 32.7 Å². The fourth-order valence-corrected chi connectivity index (χ4v) is 4.85. The van der Waals surface area contributed by atoms with Crippen molar-refractivity contribution in [2.45, 2.75) is 27.3 Å². The van der Waals surface area contributed by atoms with Crippen molar-refractivity contribution in [2.75, 3.05) is 11.9 Å². The lowest BCUT2D eigenvalue weighted by molar-refractivity contribution is 0.0531. The molecular formula is C20H19N5O2S2. The Morgan fingerprint density at radius 2 is 1.90 bits per heavy atom. The van der Waals surface area contributed by atoms with E-state index in [0.717, 1.165) is 31.4 Å². The molecule has 0 atom stereocenters. The van der Waals surface area contributed by atoms with Gasteiger partial charge in [0.05, 0.1) is 18.5 Å². The van der Waals surface area contributed by atoms with Crippen molar-refractivity contribution in [3.63, 3.8) is 0 Å². The van der Waals surface area contributed by atoms with Crippen LogP contribution >= 0.6 is 22.7 Å². The van der Waals surface area contributed by atoms with Crippen LogP contribution in [0.3, 0.4) is 0 Å². The van der Waals surface area contributed by atoms with Crippen molar-refractivity contribution in [3.05, 3.63) is 51.6 Å². The maximum Gasteiger partial charge on any atom is 0.348 e. The summed E-state index contributed by atoms with van der Waals surface area (Å²) >= 11 is 2.87. The molecule has 0 aliphatic carbocycles. The van der Waals surface area contributed by atoms with Crippen LogP contribution in [0.2, 0.25) is 0 Å². The molecule has 7 nitrogen and oxygen atoms in total. The fourth-order valence-electron chi connectivity index (χ4n) is 2.95. The van der Waals surface area contributed by atoms with E-state index in [4.69, 9.17) is 4.74 Å². The Morgan fingerprint density at radius 1 is 1.10 bits per heavy atom. The SMILES string of the molecule is CCOC(=O)c1sc2nc(C)nc(NCc3nnc(-c4ccccc4)s3)c2c1C. The minimum Gasteiger partial charge on any atom is -0.462 e. The lowest BCUT2D eigenvalue weighted by Gasteiger charge is -2.07. The first kappa shape index (κ1) is 19.4. The Hall–Kier alpha value is -2.91. The molecule has 29 heavy (non-hydrogen) atoms. The van der Waals surface area contributed by atoms with Crippen molar-refractivity contribution < 1.29 is 9.53 Å². The van der Waals surface area contributed by atoms with Crippen LogP contribution in [0.25, 0.3) is 20.8 Å². The minimum absolute atomic E-state index is 0.326. The van der Waals surface area contributed by atoms with Crippen LogP contribution in [0.4, 0.5) is 5.82 Å². The third-order valence-electron chi connectivity index (χ3n) is 4.26. The Balaban J connectivity index is 1.61. The highest BCUT2D eigenvalue weighted by molar-refractivity contribution is 7.20. The van der Waals surface area contributed by atoms with E-state index in [9.17, 15) is 4.79 Å². The fraction of sp³-hybridized carbons (Fsp3) is 0.250. The second-order valence-corrected chi connectivity index (χ2v) is 8.36. The zero-order valence-corrected chi connectivity index (χ0v) is 17.9. The first-order valence-corrected chi connectivity index (χ1v) is 10.8. The highest BCUT2D eigenvalue weighted by Crippen LogP contribution is 2.34. The minimum atomic E-state index is -0.326. The van der Waals surface area contributed by atoms with Gasteiger partial charge in [-0.1, -0.05) is 41.7 Å². The topological polar surface area (TPSA) is 89.9 Å². The molecule has 0 radical (unpaired) electrons. The molecule has 0 aliphatic rings. The molecule has 0 saturated carbocycles. The third kappa shape index (κ3) is 3.96. The Bertz CT molecular complexity index is 1170. The Kier molecular flexibility index (Phi) is 5.50. The summed E-state index contributed by atoms with van der Waals surface area (Å²) in [6.45, 7) is 6.35. The summed E-state index contributed by atoms with van der Waals surface area (Å²) < 4.78 is 5.17. The van der Waals surface area contributed by atoms with Crippen LogP contribution < -0.4 is 5.32 Å². The molecule has 3 aromatic heterocycles. The summed E-state index contributed by atoms with van der Waals surface area (Å²) in [5.74, 6) is 1.00. The number of nitrogens with one attached hydrogen (secondary N) is 1. The second kappa shape index (κ2) is 8.22. The number of esters is 1. The summed E-state index contributed by atoms with van der Waals surface area (Å²) in [4.78, 5) is 22.6. The van der Waals surface area contributed by atoms with E-state index in [-0.39, 0.29) is 5.97 Å². The number of aryl methyl sites for hydroxylation is 2. The van der Waals surface area contributed by atoms with Crippen LogP contribution in [-0.2, 0) is 11.3 Å². The Labute approximate surface area is 175 Å². The zero-order valence-electron chi connectivity index (χ0n) is 16.2. The van der Waals surface area contributed by atoms with Crippen LogP contribution in [0.15, 0.2) is 30.3 Å². The molecule has 148 valence electrons. The molecule has 9 heteroatoms. The predicted molar refractivity (Wildman–Crippen MR) is 116 cm³/mol. The smallest absolute Gasteiger partial charge is 0.348 e.